The Balaban J connectivity index is 0.00000500. The number of nitrogens with zero attached hydrogens (tertiary/aromatic N) is 4. The molecule has 2 heterocycles. The minimum atomic E-state index is -0.711. The molecule has 254 valence electrons. The molecule has 2 aromatic carbocycles. The molecule has 2 atom stereocenters. The molecule has 2 aliphatic rings. The standard InChI is InChI=1S/C34H45N7O5.ClH/c1-22(2)30-32-38-31(24-12-8-5-9-13-24)39-41(32)18-19-46-27-20-25(14-15-26(27)45-3)33(43)36-16-17-40(21-28(42)37-30)34(44)29(35)23-10-6-4-7-11-23;/h5,8-9,12-15,20,22-23,29-30H,4,6-7,10-11,16-19,21,35H2,1-3H3,(H,36,43)(H,37,42);1H/t29-,30+;/m0./s1. The summed E-state index contributed by atoms with van der Waals surface area (Å²) >= 11 is 0. The second-order valence-corrected chi connectivity index (χ2v) is 12.3. The molecule has 1 fully saturated rings. The average molecular weight is 668 g/mol. The van der Waals surface area contributed by atoms with Crippen LogP contribution in [0.5, 0.6) is 11.5 Å². The number of ether oxygens (including phenoxy) is 2. The number of fused-ring (bicyclic) bond motifs is 3. The van der Waals surface area contributed by atoms with Crippen molar-refractivity contribution >= 4 is 30.1 Å². The molecule has 0 radical (unpaired) electrons. The van der Waals surface area contributed by atoms with Crippen LogP contribution in [0.1, 0.15) is 68.2 Å². The first-order valence-electron chi connectivity index (χ1n) is 16.2. The van der Waals surface area contributed by atoms with Gasteiger partial charge in [-0.05, 0) is 42.9 Å². The van der Waals surface area contributed by atoms with E-state index in [1.807, 2.05) is 44.2 Å². The van der Waals surface area contributed by atoms with Gasteiger partial charge in [-0.3, -0.25) is 14.4 Å². The van der Waals surface area contributed by atoms with E-state index in [0.717, 1.165) is 37.7 Å². The summed E-state index contributed by atoms with van der Waals surface area (Å²) < 4.78 is 13.4. The minimum absolute atomic E-state index is 0. The number of halogens is 1. The number of amides is 3. The lowest BCUT2D eigenvalue weighted by Gasteiger charge is -2.32. The fourth-order valence-electron chi connectivity index (χ4n) is 6.13. The number of carbonyl (C=O) groups excluding carboxylic acids is 3. The number of carbonyl (C=O) groups is 3. The second-order valence-electron chi connectivity index (χ2n) is 12.3. The summed E-state index contributed by atoms with van der Waals surface area (Å²) in [5, 5.41) is 10.8. The Morgan fingerprint density at radius 1 is 1.04 bits per heavy atom. The lowest BCUT2D eigenvalue weighted by atomic mass is 9.83. The van der Waals surface area contributed by atoms with Crippen molar-refractivity contribution in [2.75, 3.05) is 33.4 Å². The summed E-state index contributed by atoms with van der Waals surface area (Å²) in [7, 11) is 1.54. The van der Waals surface area contributed by atoms with Crippen LogP contribution in [-0.2, 0) is 16.1 Å². The van der Waals surface area contributed by atoms with E-state index >= 15 is 0 Å². The molecule has 3 amide bonds. The smallest absolute Gasteiger partial charge is 0.251 e. The number of methoxy groups -OCH3 is 1. The van der Waals surface area contributed by atoms with E-state index in [9.17, 15) is 14.4 Å². The Hall–Kier alpha value is -4.16. The van der Waals surface area contributed by atoms with Crippen molar-refractivity contribution in [1.29, 1.82) is 0 Å². The molecule has 12 nitrogen and oxygen atoms in total. The van der Waals surface area contributed by atoms with Gasteiger partial charge in [0.2, 0.25) is 11.8 Å². The van der Waals surface area contributed by atoms with Crippen LogP contribution in [0, 0.1) is 11.8 Å². The van der Waals surface area contributed by atoms with Gasteiger partial charge < -0.3 is 30.7 Å². The van der Waals surface area contributed by atoms with Crippen LogP contribution in [-0.4, -0.2) is 76.8 Å². The minimum Gasteiger partial charge on any atom is -0.493 e. The van der Waals surface area contributed by atoms with Crippen LogP contribution in [0.25, 0.3) is 11.4 Å². The Bertz CT molecular complexity index is 1510. The van der Waals surface area contributed by atoms with Crippen LogP contribution in [0.15, 0.2) is 48.5 Å². The molecule has 1 aliphatic heterocycles. The molecule has 0 saturated heterocycles. The number of hydrogen-bond acceptors (Lipinski definition) is 8. The molecule has 1 saturated carbocycles. The molecule has 13 heteroatoms. The summed E-state index contributed by atoms with van der Waals surface area (Å²) in [6.45, 7) is 4.57. The van der Waals surface area contributed by atoms with Gasteiger partial charge in [0.25, 0.3) is 5.91 Å². The highest BCUT2D eigenvalue weighted by Gasteiger charge is 2.32. The van der Waals surface area contributed by atoms with Crippen molar-refractivity contribution in [2.24, 2.45) is 17.6 Å². The van der Waals surface area contributed by atoms with Gasteiger partial charge in [0.1, 0.15) is 6.61 Å². The van der Waals surface area contributed by atoms with Gasteiger partial charge in [-0.2, -0.15) is 5.10 Å². The fraction of sp³-hybridized carbons (Fsp3) is 0.500. The Morgan fingerprint density at radius 2 is 1.79 bits per heavy atom. The SMILES string of the molecule is COc1ccc2cc1OCCn1nc(-c3ccccc3)nc1[C@@H](C(C)C)NC(=O)CN(C(=O)[C@@H](N)C1CCCCC1)CCNC2=O.Cl. The van der Waals surface area contributed by atoms with Crippen LogP contribution < -0.4 is 25.8 Å². The highest BCUT2D eigenvalue weighted by atomic mass is 35.5. The van der Waals surface area contributed by atoms with Crippen LogP contribution in [0.4, 0.5) is 0 Å². The number of benzene rings is 2. The van der Waals surface area contributed by atoms with Crippen molar-refractivity contribution in [2.45, 2.75) is 64.6 Å². The van der Waals surface area contributed by atoms with Gasteiger partial charge in [-0.25, -0.2) is 9.67 Å². The normalized spacial score (nSPS) is 18.9. The third kappa shape index (κ3) is 8.81. The molecular weight excluding hydrogens is 622 g/mol. The van der Waals surface area contributed by atoms with Crippen LogP contribution in [0.3, 0.4) is 0 Å². The quantitative estimate of drug-likeness (QED) is 0.372. The zero-order chi connectivity index (χ0) is 32.6. The Kier molecular flexibility index (Phi) is 12.6. The molecular formula is C34H46ClN7O5. The fourth-order valence-corrected chi connectivity index (χ4v) is 6.13. The van der Waals surface area contributed by atoms with E-state index in [1.165, 1.54) is 4.90 Å². The predicted octanol–water partition coefficient (Wildman–Crippen LogP) is 3.75. The summed E-state index contributed by atoms with van der Waals surface area (Å²) in [6.07, 6.45) is 5.00. The molecule has 4 N–H and O–H groups in total. The highest BCUT2D eigenvalue weighted by Crippen LogP contribution is 2.30. The Morgan fingerprint density at radius 3 is 2.49 bits per heavy atom. The number of rotatable bonds is 5. The number of nitrogens with one attached hydrogen (secondary N) is 2. The van der Waals surface area contributed by atoms with Crippen molar-refractivity contribution < 1.29 is 23.9 Å². The third-order valence-electron chi connectivity index (χ3n) is 8.74. The monoisotopic (exact) mass is 667 g/mol. The van der Waals surface area contributed by atoms with Gasteiger partial charge >= 0.3 is 0 Å². The van der Waals surface area contributed by atoms with Crippen molar-refractivity contribution in [3.63, 3.8) is 0 Å². The first kappa shape index (κ1) is 35.7. The molecule has 2 bridgehead atoms. The van der Waals surface area contributed by atoms with E-state index < -0.39 is 12.1 Å². The number of hydrogen-bond donors (Lipinski definition) is 3. The zero-order valence-electron chi connectivity index (χ0n) is 27.3. The second kappa shape index (κ2) is 16.6. The highest BCUT2D eigenvalue weighted by molar-refractivity contribution is 5.95. The topological polar surface area (TPSA) is 154 Å². The summed E-state index contributed by atoms with van der Waals surface area (Å²) in [4.78, 5) is 46.9. The van der Waals surface area contributed by atoms with Gasteiger partial charge in [0.05, 0.1) is 32.3 Å². The lowest BCUT2D eigenvalue weighted by Crippen LogP contribution is -2.53. The lowest BCUT2D eigenvalue weighted by molar-refractivity contribution is -0.138. The maximum Gasteiger partial charge on any atom is 0.251 e. The van der Waals surface area contributed by atoms with E-state index in [0.29, 0.717) is 35.3 Å². The van der Waals surface area contributed by atoms with Crippen LogP contribution in [0.2, 0.25) is 0 Å². The van der Waals surface area contributed by atoms with Gasteiger partial charge in [-0.1, -0.05) is 63.4 Å². The molecule has 47 heavy (non-hydrogen) atoms. The summed E-state index contributed by atoms with van der Waals surface area (Å²) in [6, 6.07) is 13.4. The number of nitrogens with two attached hydrogens (primary N) is 1. The van der Waals surface area contributed by atoms with E-state index in [1.54, 1.807) is 30.0 Å². The van der Waals surface area contributed by atoms with E-state index in [4.69, 9.17) is 25.3 Å². The van der Waals surface area contributed by atoms with Crippen molar-refractivity contribution in [3.05, 3.63) is 59.9 Å². The molecule has 0 spiro atoms. The van der Waals surface area contributed by atoms with E-state index in [-0.39, 0.29) is 68.2 Å². The average Bonchev–Trinajstić information content (AvgIpc) is 3.49. The van der Waals surface area contributed by atoms with Crippen molar-refractivity contribution in [1.82, 2.24) is 30.3 Å². The molecule has 3 aromatic rings. The summed E-state index contributed by atoms with van der Waals surface area (Å²) in [5.74, 6) is 1.04. The maximum absolute atomic E-state index is 13.7. The summed E-state index contributed by atoms with van der Waals surface area (Å²) in [5.41, 5.74) is 7.74. The molecule has 1 aliphatic carbocycles. The Labute approximate surface area is 282 Å². The van der Waals surface area contributed by atoms with Crippen molar-refractivity contribution in [3.8, 4) is 22.9 Å². The predicted molar refractivity (Wildman–Crippen MR) is 180 cm³/mol. The molecule has 5 rings (SSSR count). The molecule has 1 aromatic heterocycles. The number of aromatic nitrogens is 3. The first-order valence-corrected chi connectivity index (χ1v) is 16.2. The maximum atomic E-state index is 13.7. The third-order valence-corrected chi connectivity index (χ3v) is 8.74. The van der Waals surface area contributed by atoms with E-state index in [2.05, 4.69) is 10.6 Å². The van der Waals surface area contributed by atoms with Gasteiger partial charge in [-0.15, -0.1) is 12.4 Å². The zero-order valence-corrected chi connectivity index (χ0v) is 28.1. The molecule has 0 unspecified atom stereocenters. The first-order chi connectivity index (χ1) is 22.2. The van der Waals surface area contributed by atoms with Gasteiger partial charge in [0.15, 0.2) is 23.1 Å². The van der Waals surface area contributed by atoms with Crippen LogP contribution >= 0.6 is 12.4 Å². The van der Waals surface area contributed by atoms with Gasteiger partial charge in [0, 0.05) is 24.2 Å². The largest absolute Gasteiger partial charge is 0.493 e.